The molecular weight excluding hydrogens is 420 g/mol. The van der Waals surface area contributed by atoms with Crippen LogP contribution in [-0.4, -0.2) is 36.9 Å². The second-order valence-corrected chi connectivity index (χ2v) is 7.84. The first kappa shape index (κ1) is 22.1. The largest absolute Gasteiger partial charge is 0.416 e. The number of carbonyl (C=O) groups is 1. The number of benzene rings is 1. The highest BCUT2D eigenvalue weighted by atomic mass is 32.1. The van der Waals surface area contributed by atoms with Crippen molar-refractivity contribution in [3.8, 4) is 0 Å². The molecule has 162 valence electrons. The van der Waals surface area contributed by atoms with Crippen LogP contribution in [0.4, 0.5) is 17.6 Å². The Labute approximate surface area is 175 Å². The van der Waals surface area contributed by atoms with Crippen LogP contribution >= 0.6 is 11.3 Å². The second-order valence-electron chi connectivity index (χ2n) is 6.84. The zero-order valence-electron chi connectivity index (χ0n) is 16.4. The third kappa shape index (κ3) is 5.50. The molecule has 0 saturated carbocycles. The molecule has 2 N–H and O–H groups in total. The van der Waals surface area contributed by atoms with Gasteiger partial charge in [0.05, 0.1) is 5.56 Å². The number of alkyl halides is 3. The van der Waals surface area contributed by atoms with E-state index in [-0.39, 0.29) is 30.4 Å². The number of nitrogens with zero attached hydrogens (tertiary/aromatic N) is 2. The van der Waals surface area contributed by atoms with Crippen molar-refractivity contribution in [2.45, 2.75) is 32.1 Å². The molecule has 3 rings (SSSR count). The number of guanidine groups is 1. The average molecular weight is 442 g/mol. The number of carbonyl (C=O) groups excluding carboxylic acids is 1. The lowest BCUT2D eigenvalue weighted by Gasteiger charge is -2.27. The lowest BCUT2D eigenvalue weighted by molar-refractivity contribution is -0.138. The Balaban J connectivity index is 1.48. The maximum atomic E-state index is 13.2. The number of aliphatic imine (C=N–C) groups is 1. The van der Waals surface area contributed by atoms with E-state index in [2.05, 4.69) is 15.6 Å². The number of rotatable bonds is 5. The van der Waals surface area contributed by atoms with Crippen molar-refractivity contribution in [3.05, 3.63) is 57.0 Å². The number of amides is 1. The van der Waals surface area contributed by atoms with Gasteiger partial charge in [0.2, 0.25) is 5.91 Å². The fourth-order valence-electron chi connectivity index (χ4n) is 3.27. The minimum Gasteiger partial charge on any atom is -0.356 e. The molecule has 30 heavy (non-hydrogen) atoms. The maximum Gasteiger partial charge on any atom is 0.416 e. The van der Waals surface area contributed by atoms with Crippen LogP contribution in [-0.2, 0) is 30.5 Å². The standard InChI is InChI=1S/C20H22F4N4OS/c1-25-19(27-11-13-2-3-15(21)10-16(13)20(22,23)24)26-7-4-18(29)28-8-5-17-14(12-28)6-9-30-17/h2-3,6,9-10H,4-5,7-8,11-12H2,1H3,(H2,25,26,27). The summed E-state index contributed by atoms with van der Waals surface area (Å²) in [5.74, 6) is -0.675. The molecule has 0 aliphatic carbocycles. The molecule has 1 aliphatic rings. The molecular formula is C20H22F4N4OS. The number of nitrogens with one attached hydrogen (secondary N) is 2. The highest BCUT2D eigenvalue weighted by Crippen LogP contribution is 2.32. The Bertz CT molecular complexity index is 926. The van der Waals surface area contributed by atoms with Crippen LogP contribution in [0.1, 0.15) is 28.0 Å². The summed E-state index contributed by atoms with van der Waals surface area (Å²) < 4.78 is 52.5. The van der Waals surface area contributed by atoms with Gasteiger partial charge in [0.1, 0.15) is 5.82 Å². The fourth-order valence-corrected chi connectivity index (χ4v) is 4.16. The van der Waals surface area contributed by atoms with Gasteiger partial charge in [-0.25, -0.2) is 4.39 Å². The van der Waals surface area contributed by atoms with Gasteiger partial charge in [0, 0.05) is 44.5 Å². The summed E-state index contributed by atoms with van der Waals surface area (Å²) in [5.41, 5.74) is 0.0612. The Morgan fingerprint density at radius 2 is 2.07 bits per heavy atom. The van der Waals surface area contributed by atoms with E-state index in [9.17, 15) is 22.4 Å². The zero-order valence-corrected chi connectivity index (χ0v) is 17.2. The molecule has 0 bridgehead atoms. The van der Waals surface area contributed by atoms with Gasteiger partial charge in [0.25, 0.3) is 0 Å². The molecule has 0 fully saturated rings. The third-order valence-electron chi connectivity index (χ3n) is 4.84. The van der Waals surface area contributed by atoms with Crippen LogP contribution in [0.5, 0.6) is 0 Å². The predicted molar refractivity (Wildman–Crippen MR) is 108 cm³/mol. The molecule has 0 atom stereocenters. The molecule has 1 aromatic heterocycles. The van der Waals surface area contributed by atoms with Gasteiger partial charge < -0.3 is 15.5 Å². The second kappa shape index (κ2) is 9.46. The maximum absolute atomic E-state index is 13.2. The van der Waals surface area contributed by atoms with E-state index in [4.69, 9.17) is 0 Å². The van der Waals surface area contributed by atoms with Gasteiger partial charge >= 0.3 is 6.18 Å². The van der Waals surface area contributed by atoms with E-state index in [0.29, 0.717) is 25.7 Å². The Morgan fingerprint density at radius 3 is 2.80 bits per heavy atom. The minimum atomic E-state index is -4.65. The Hall–Kier alpha value is -2.62. The summed E-state index contributed by atoms with van der Waals surface area (Å²) in [6.07, 6.45) is -3.56. The summed E-state index contributed by atoms with van der Waals surface area (Å²) in [6.45, 7) is 1.40. The fraction of sp³-hybridized carbons (Fsp3) is 0.400. The molecule has 1 amide bonds. The SMILES string of the molecule is CN=C(NCCC(=O)N1CCc2sccc2C1)NCc1ccc(F)cc1C(F)(F)F. The minimum absolute atomic E-state index is 0.00713. The van der Waals surface area contributed by atoms with Crippen LogP contribution < -0.4 is 10.6 Å². The van der Waals surface area contributed by atoms with Crippen molar-refractivity contribution in [2.24, 2.45) is 4.99 Å². The first-order chi connectivity index (χ1) is 14.3. The van der Waals surface area contributed by atoms with Crippen molar-refractivity contribution in [2.75, 3.05) is 20.1 Å². The smallest absolute Gasteiger partial charge is 0.356 e. The highest BCUT2D eigenvalue weighted by Gasteiger charge is 2.33. The summed E-state index contributed by atoms with van der Waals surface area (Å²) in [4.78, 5) is 19.5. The van der Waals surface area contributed by atoms with Gasteiger partial charge in [0.15, 0.2) is 5.96 Å². The first-order valence-electron chi connectivity index (χ1n) is 9.41. The molecule has 10 heteroatoms. The number of hydrogen-bond acceptors (Lipinski definition) is 3. The lowest BCUT2D eigenvalue weighted by Crippen LogP contribution is -2.41. The van der Waals surface area contributed by atoms with Gasteiger partial charge in [-0.3, -0.25) is 9.79 Å². The zero-order chi connectivity index (χ0) is 21.7. The normalized spacial score (nSPS) is 14.4. The molecule has 2 aromatic rings. The summed E-state index contributed by atoms with van der Waals surface area (Å²) in [7, 11) is 1.48. The molecule has 5 nitrogen and oxygen atoms in total. The predicted octanol–water partition coefficient (Wildman–Crippen LogP) is 3.55. The Morgan fingerprint density at radius 1 is 1.27 bits per heavy atom. The van der Waals surface area contributed by atoms with Crippen molar-refractivity contribution >= 4 is 23.2 Å². The van der Waals surface area contributed by atoms with E-state index in [1.807, 2.05) is 11.4 Å². The van der Waals surface area contributed by atoms with Gasteiger partial charge in [-0.1, -0.05) is 6.07 Å². The Kier molecular flexibility index (Phi) is 6.96. The number of fused-ring (bicyclic) bond motifs is 1. The monoisotopic (exact) mass is 442 g/mol. The molecule has 1 aliphatic heterocycles. The van der Waals surface area contributed by atoms with Gasteiger partial charge in [-0.2, -0.15) is 13.2 Å². The van der Waals surface area contributed by atoms with E-state index in [1.54, 1.807) is 16.2 Å². The van der Waals surface area contributed by atoms with E-state index >= 15 is 0 Å². The number of thiophene rings is 1. The molecule has 1 aromatic carbocycles. The van der Waals surface area contributed by atoms with Gasteiger partial charge in [-0.15, -0.1) is 11.3 Å². The quantitative estimate of drug-likeness (QED) is 0.423. The molecule has 0 spiro atoms. The molecule has 0 saturated heterocycles. The number of halogens is 4. The molecule has 0 unspecified atom stereocenters. The van der Waals surface area contributed by atoms with Crippen LogP contribution in [0.15, 0.2) is 34.6 Å². The summed E-state index contributed by atoms with van der Waals surface area (Å²) >= 11 is 1.71. The summed E-state index contributed by atoms with van der Waals surface area (Å²) in [6, 6.07) is 4.59. The van der Waals surface area contributed by atoms with E-state index in [0.717, 1.165) is 18.6 Å². The van der Waals surface area contributed by atoms with E-state index < -0.39 is 17.6 Å². The lowest BCUT2D eigenvalue weighted by atomic mass is 10.1. The van der Waals surface area contributed by atoms with Gasteiger partial charge in [-0.05, 0) is 41.1 Å². The van der Waals surface area contributed by atoms with E-state index in [1.165, 1.54) is 17.5 Å². The topological polar surface area (TPSA) is 56.7 Å². The van der Waals surface area contributed by atoms with Crippen LogP contribution in [0.3, 0.4) is 0 Å². The first-order valence-corrected chi connectivity index (χ1v) is 10.3. The van der Waals surface area contributed by atoms with Crippen molar-refractivity contribution < 1.29 is 22.4 Å². The molecule has 0 radical (unpaired) electrons. The van der Waals surface area contributed by atoms with Crippen molar-refractivity contribution in [1.82, 2.24) is 15.5 Å². The highest BCUT2D eigenvalue weighted by molar-refractivity contribution is 7.10. The van der Waals surface area contributed by atoms with Crippen LogP contribution in [0.25, 0.3) is 0 Å². The van der Waals surface area contributed by atoms with Crippen molar-refractivity contribution in [3.63, 3.8) is 0 Å². The average Bonchev–Trinajstić information content (AvgIpc) is 3.18. The third-order valence-corrected chi connectivity index (χ3v) is 5.86. The van der Waals surface area contributed by atoms with Crippen LogP contribution in [0.2, 0.25) is 0 Å². The number of hydrogen-bond donors (Lipinski definition) is 2. The molecule has 2 heterocycles. The van der Waals surface area contributed by atoms with Crippen molar-refractivity contribution in [1.29, 1.82) is 0 Å². The van der Waals surface area contributed by atoms with Crippen LogP contribution in [0, 0.1) is 5.82 Å². The summed E-state index contributed by atoms with van der Waals surface area (Å²) in [5, 5.41) is 7.73.